The molecule has 1 aromatic rings. The lowest BCUT2D eigenvalue weighted by Gasteiger charge is -2.28. The van der Waals surface area contributed by atoms with Crippen LogP contribution in [0.15, 0.2) is 30.3 Å². The number of hydrogen-bond acceptors (Lipinski definition) is 4. The van der Waals surface area contributed by atoms with Gasteiger partial charge in [0.2, 0.25) is 0 Å². The number of carbonyl (C=O) groups is 1. The molecule has 0 saturated carbocycles. The Bertz CT molecular complexity index is 513. The molecule has 0 N–H and O–H groups in total. The van der Waals surface area contributed by atoms with E-state index < -0.39 is 0 Å². The summed E-state index contributed by atoms with van der Waals surface area (Å²) in [5, 5.41) is 0. The van der Waals surface area contributed by atoms with E-state index in [1.54, 1.807) is 13.2 Å². The van der Waals surface area contributed by atoms with Gasteiger partial charge in [-0.2, -0.15) is 0 Å². The Morgan fingerprint density at radius 3 is 2.65 bits per heavy atom. The zero-order chi connectivity index (χ0) is 15.8. The quantitative estimate of drug-likeness (QED) is 0.546. The minimum atomic E-state index is -0.310. The monoisotopic (exact) mass is 338 g/mol. The third-order valence-electron chi connectivity index (χ3n) is 3.82. The van der Waals surface area contributed by atoms with Gasteiger partial charge in [-0.15, -0.1) is 0 Å². The van der Waals surface area contributed by atoms with Gasteiger partial charge >= 0.3 is 5.97 Å². The predicted molar refractivity (Wildman–Crippen MR) is 87.9 cm³/mol. The molecule has 0 bridgehead atoms. The second kappa shape index (κ2) is 10.3. The van der Waals surface area contributed by atoms with E-state index in [0.29, 0.717) is 0 Å². The summed E-state index contributed by atoms with van der Waals surface area (Å²) < 4.78 is 10.7. The molecule has 1 aliphatic heterocycles. The van der Waals surface area contributed by atoms with Crippen molar-refractivity contribution >= 4 is 12.0 Å². The topological polar surface area (TPSA) is 38.8 Å². The first-order valence-electron chi connectivity index (χ1n) is 7.93. The van der Waals surface area contributed by atoms with E-state index in [1.165, 1.54) is 25.3 Å². The van der Waals surface area contributed by atoms with Crippen LogP contribution in [-0.4, -0.2) is 43.7 Å². The fourth-order valence-electron chi connectivity index (χ4n) is 2.74. The molecule has 5 heteroatoms. The van der Waals surface area contributed by atoms with Crippen molar-refractivity contribution < 1.29 is 26.7 Å². The second-order valence-electron chi connectivity index (χ2n) is 5.68. The van der Waals surface area contributed by atoms with Gasteiger partial charge < -0.3 is 21.9 Å². The number of carbonyl (C=O) groups excluding carboxylic acids is 1. The number of ether oxygens (including phenoxy) is 2. The maximum absolute atomic E-state index is 11.9. The Balaban J connectivity index is 0.00000264. The van der Waals surface area contributed by atoms with E-state index in [-0.39, 0.29) is 24.5 Å². The number of likely N-dealkylation sites (tertiary alicyclic amines) is 1. The van der Waals surface area contributed by atoms with Crippen LogP contribution < -0.4 is 17.1 Å². The van der Waals surface area contributed by atoms with Crippen molar-refractivity contribution in [2.24, 2.45) is 0 Å². The summed E-state index contributed by atoms with van der Waals surface area (Å²) >= 11 is 0. The van der Waals surface area contributed by atoms with Gasteiger partial charge in [0.1, 0.15) is 11.9 Å². The van der Waals surface area contributed by atoms with Crippen LogP contribution >= 0.6 is 0 Å². The van der Waals surface area contributed by atoms with E-state index >= 15 is 0 Å². The van der Waals surface area contributed by atoms with Gasteiger partial charge in [0.25, 0.3) is 0 Å². The third-order valence-corrected chi connectivity index (χ3v) is 3.82. The third kappa shape index (κ3) is 6.63. The van der Waals surface area contributed by atoms with Crippen LogP contribution in [0, 0.1) is 0 Å². The van der Waals surface area contributed by atoms with Gasteiger partial charge in [-0.05, 0) is 45.0 Å². The smallest absolute Gasteiger partial charge is 0.331 e. The molecule has 1 atom stereocenters. The molecule has 1 aromatic carbocycles. The average Bonchev–Trinajstić information content (AvgIpc) is 2.54. The zero-order valence-electron chi connectivity index (χ0n) is 13.8. The van der Waals surface area contributed by atoms with Crippen molar-refractivity contribution in [1.82, 2.24) is 4.90 Å². The van der Waals surface area contributed by atoms with Gasteiger partial charge in [-0.1, -0.05) is 24.6 Å². The molecule has 2 rings (SSSR count). The van der Waals surface area contributed by atoms with Crippen molar-refractivity contribution in [3.8, 4) is 5.75 Å². The molecular formula is C18H25ClNO3-. The average molecular weight is 339 g/mol. The highest BCUT2D eigenvalue weighted by Crippen LogP contribution is 2.18. The molecule has 1 heterocycles. The number of para-hydroxylation sites is 1. The van der Waals surface area contributed by atoms with Crippen LogP contribution in [0.3, 0.4) is 0 Å². The number of nitrogens with zero attached hydrogens (tertiary/aromatic N) is 1. The van der Waals surface area contributed by atoms with Crippen LogP contribution in [0.4, 0.5) is 0 Å². The van der Waals surface area contributed by atoms with Gasteiger partial charge in [0.05, 0.1) is 7.11 Å². The normalized spacial score (nSPS) is 16.6. The Morgan fingerprint density at radius 1 is 1.26 bits per heavy atom. The summed E-state index contributed by atoms with van der Waals surface area (Å²) in [5.74, 6) is 0.434. The Morgan fingerprint density at radius 2 is 1.96 bits per heavy atom. The van der Waals surface area contributed by atoms with Crippen molar-refractivity contribution in [2.75, 3.05) is 26.7 Å². The van der Waals surface area contributed by atoms with E-state index in [9.17, 15) is 4.79 Å². The largest absolute Gasteiger partial charge is 1.00 e. The first-order chi connectivity index (χ1) is 10.7. The van der Waals surface area contributed by atoms with Gasteiger partial charge in [0.15, 0.2) is 0 Å². The molecule has 1 fully saturated rings. The number of halogens is 1. The molecule has 23 heavy (non-hydrogen) atoms. The summed E-state index contributed by atoms with van der Waals surface area (Å²) in [4.78, 5) is 14.3. The minimum Gasteiger partial charge on any atom is -1.00 e. The van der Waals surface area contributed by atoms with E-state index in [0.717, 1.165) is 30.9 Å². The maximum Gasteiger partial charge on any atom is 0.331 e. The van der Waals surface area contributed by atoms with Crippen molar-refractivity contribution in [3.63, 3.8) is 0 Å². The van der Waals surface area contributed by atoms with Crippen LogP contribution in [-0.2, 0) is 9.53 Å². The first kappa shape index (κ1) is 19.5. The first-order valence-corrected chi connectivity index (χ1v) is 7.93. The lowest BCUT2D eigenvalue weighted by Crippen LogP contribution is -3.00. The molecule has 0 aromatic heterocycles. The van der Waals surface area contributed by atoms with Crippen LogP contribution in [0.5, 0.6) is 5.75 Å². The fraction of sp³-hybridized carbons (Fsp3) is 0.500. The fourth-order valence-corrected chi connectivity index (χ4v) is 2.74. The number of hydrogen-bond donors (Lipinski definition) is 0. The lowest BCUT2D eigenvalue weighted by molar-refractivity contribution is -0.143. The van der Waals surface area contributed by atoms with Crippen LogP contribution in [0.25, 0.3) is 6.08 Å². The molecule has 0 amide bonds. The molecule has 1 aliphatic rings. The maximum atomic E-state index is 11.9. The summed E-state index contributed by atoms with van der Waals surface area (Å²) in [6.45, 7) is 4.98. The second-order valence-corrected chi connectivity index (χ2v) is 5.68. The summed E-state index contributed by atoms with van der Waals surface area (Å²) in [7, 11) is 1.62. The number of methoxy groups -OCH3 is 1. The standard InChI is InChI=1S/C18H25NO3.ClH/c1-15(14-19-12-6-3-7-13-19)22-18(20)11-10-16-8-4-5-9-17(16)21-2;/h4-5,8-11,15H,3,6-7,12-14H2,1-2H3;1H/p-1/b11-10+;. The van der Waals surface area contributed by atoms with E-state index in [4.69, 9.17) is 9.47 Å². The summed E-state index contributed by atoms with van der Waals surface area (Å²) in [6.07, 6.45) is 6.90. The SMILES string of the molecule is COc1ccccc1/C=C/C(=O)OC(C)CN1CCCCC1.[Cl-]. The molecule has 0 radical (unpaired) electrons. The zero-order valence-corrected chi connectivity index (χ0v) is 14.6. The Hall–Kier alpha value is -1.52. The Labute approximate surface area is 144 Å². The highest BCUT2D eigenvalue weighted by Gasteiger charge is 2.15. The predicted octanol–water partition coefficient (Wildman–Crippen LogP) is 0.130. The molecular weight excluding hydrogens is 314 g/mol. The van der Waals surface area contributed by atoms with Crippen molar-refractivity contribution in [3.05, 3.63) is 35.9 Å². The molecule has 1 unspecified atom stereocenters. The van der Waals surface area contributed by atoms with Gasteiger partial charge in [0, 0.05) is 18.2 Å². The van der Waals surface area contributed by atoms with E-state index in [1.807, 2.05) is 31.2 Å². The molecule has 0 spiro atoms. The molecule has 128 valence electrons. The van der Waals surface area contributed by atoms with Crippen LogP contribution in [0.1, 0.15) is 31.7 Å². The minimum absolute atomic E-state index is 0. The molecule has 4 nitrogen and oxygen atoms in total. The summed E-state index contributed by atoms with van der Waals surface area (Å²) in [5.41, 5.74) is 0.866. The Kier molecular flexibility index (Phi) is 8.74. The van der Waals surface area contributed by atoms with Crippen molar-refractivity contribution in [2.45, 2.75) is 32.3 Å². The van der Waals surface area contributed by atoms with Gasteiger partial charge in [-0.3, -0.25) is 4.90 Å². The molecule has 1 saturated heterocycles. The van der Waals surface area contributed by atoms with E-state index in [2.05, 4.69) is 4.90 Å². The number of rotatable bonds is 6. The lowest BCUT2D eigenvalue weighted by atomic mass is 10.1. The van der Waals surface area contributed by atoms with Gasteiger partial charge in [-0.25, -0.2) is 4.79 Å². The van der Waals surface area contributed by atoms with Crippen molar-refractivity contribution in [1.29, 1.82) is 0 Å². The summed E-state index contributed by atoms with van der Waals surface area (Å²) in [6, 6.07) is 7.57. The molecule has 0 aliphatic carbocycles. The number of esters is 1. The van der Waals surface area contributed by atoms with Crippen LogP contribution in [0.2, 0.25) is 0 Å². The number of piperidine rings is 1. The number of benzene rings is 1. The highest BCUT2D eigenvalue weighted by atomic mass is 35.5. The highest BCUT2D eigenvalue weighted by molar-refractivity contribution is 5.87.